The van der Waals surface area contributed by atoms with Crippen molar-refractivity contribution in [3.8, 4) is 11.5 Å². The minimum absolute atomic E-state index is 0.00727. The molecule has 0 fully saturated rings. The predicted molar refractivity (Wildman–Crippen MR) is 92.7 cm³/mol. The molecule has 0 saturated heterocycles. The number of fused-ring (bicyclic) bond motifs is 1. The van der Waals surface area contributed by atoms with Crippen LogP contribution in [0.15, 0.2) is 18.2 Å². The Balaban J connectivity index is 2.21. The van der Waals surface area contributed by atoms with Gasteiger partial charge in [0.2, 0.25) is 5.82 Å². The molecule has 0 aliphatic rings. The van der Waals surface area contributed by atoms with Gasteiger partial charge in [-0.25, -0.2) is 4.98 Å². The molecule has 3 rings (SSSR count). The Morgan fingerprint density at radius 3 is 2.24 bits per heavy atom. The number of hydrogen-bond donors (Lipinski definition) is 1. The average Bonchev–Trinajstić information content (AvgIpc) is 2.94. The number of aromatic amines is 1. The minimum atomic E-state index is -4.71. The van der Waals surface area contributed by atoms with Crippen molar-refractivity contribution >= 4 is 69.0 Å². The van der Waals surface area contributed by atoms with E-state index < -0.39 is 12.0 Å². The number of benzene rings is 2. The number of hydrogen-bond acceptors (Lipinski definition) is 2. The zero-order chi connectivity index (χ0) is 18.5. The first-order valence-corrected chi connectivity index (χ1v) is 8.24. The molecule has 0 aliphatic carbocycles. The summed E-state index contributed by atoms with van der Waals surface area (Å²) in [6.07, 6.45) is -4.71. The molecule has 132 valence electrons. The topological polar surface area (TPSA) is 37.9 Å². The maximum absolute atomic E-state index is 12.9. The van der Waals surface area contributed by atoms with Crippen LogP contribution >= 0.6 is 58.0 Å². The van der Waals surface area contributed by atoms with E-state index in [1.54, 1.807) is 0 Å². The van der Waals surface area contributed by atoms with Gasteiger partial charge in [-0.2, -0.15) is 13.2 Å². The van der Waals surface area contributed by atoms with Gasteiger partial charge in [0.05, 0.1) is 15.1 Å². The SMILES string of the molecule is FC(F)(F)c1nc2c(Cl)cc(Cl)c(Oc3cc(Cl)cc(Cl)c3Cl)c2[nH]1. The van der Waals surface area contributed by atoms with Crippen molar-refractivity contribution < 1.29 is 17.9 Å². The van der Waals surface area contributed by atoms with E-state index in [2.05, 4.69) is 9.97 Å². The van der Waals surface area contributed by atoms with Crippen molar-refractivity contribution in [1.29, 1.82) is 0 Å². The van der Waals surface area contributed by atoms with Crippen LogP contribution in [0.5, 0.6) is 11.5 Å². The highest BCUT2D eigenvalue weighted by molar-refractivity contribution is 6.44. The molecular formula is C14H4Cl5F3N2O. The van der Waals surface area contributed by atoms with Gasteiger partial charge >= 0.3 is 6.18 Å². The predicted octanol–water partition coefficient (Wildman–Crippen LogP) is 7.64. The third kappa shape index (κ3) is 3.59. The molecule has 1 N–H and O–H groups in total. The van der Waals surface area contributed by atoms with Gasteiger partial charge in [0.1, 0.15) is 21.8 Å². The molecule has 25 heavy (non-hydrogen) atoms. The number of imidazole rings is 1. The Labute approximate surface area is 163 Å². The standard InChI is InChI=1S/C14H4Cl5F3N2O/c15-4-1-5(16)9(19)8(2-4)25-12-7(18)3-6(17)10-11(12)24-13(23-10)14(20,21)22/h1-3H,(H,23,24). The molecule has 1 aromatic heterocycles. The van der Waals surface area contributed by atoms with Gasteiger partial charge in [-0.3, -0.25) is 0 Å². The number of halogens is 8. The van der Waals surface area contributed by atoms with Crippen LogP contribution < -0.4 is 4.74 Å². The van der Waals surface area contributed by atoms with Crippen LogP contribution in [0.2, 0.25) is 25.1 Å². The van der Waals surface area contributed by atoms with Gasteiger partial charge in [0, 0.05) is 11.1 Å². The normalized spacial score (nSPS) is 12.0. The zero-order valence-corrected chi connectivity index (χ0v) is 15.4. The van der Waals surface area contributed by atoms with Crippen molar-refractivity contribution in [1.82, 2.24) is 9.97 Å². The summed E-state index contributed by atoms with van der Waals surface area (Å²) in [5, 5.41) is 0.203. The average molecular weight is 450 g/mol. The molecule has 0 saturated carbocycles. The molecule has 0 spiro atoms. The Morgan fingerprint density at radius 1 is 0.920 bits per heavy atom. The second-order valence-electron chi connectivity index (χ2n) is 4.78. The summed E-state index contributed by atoms with van der Waals surface area (Å²) < 4.78 is 44.3. The number of nitrogens with zero attached hydrogens (tertiary/aromatic N) is 1. The van der Waals surface area contributed by atoms with Crippen LogP contribution in [-0.4, -0.2) is 9.97 Å². The van der Waals surface area contributed by atoms with Gasteiger partial charge in [0.15, 0.2) is 5.75 Å². The minimum Gasteiger partial charge on any atom is -0.452 e. The molecule has 2 aromatic carbocycles. The van der Waals surface area contributed by atoms with Gasteiger partial charge in [-0.15, -0.1) is 0 Å². The summed E-state index contributed by atoms with van der Waals surface area (Å²) in [5.41, 5.74) is -0.297. The van der Waals surface area contributed by atoms with Crippen molar-refractivity contribution in [3.63, 3.8) is 0 Å². The molecule has 0 atom stereocenters. The van der Waals surface area contributed by atoms with E-state index in [1.807, 2.05) is 0 Å². The van der Waals surface area contributed by atoms with Gasteiger partial charge in [-0.1, -0.05) is 58.0 Å². The van der Waals surface area contributed by atoms with Crippen LogP contribution in [0.4, 0.5) is 13.2 Å². The van der Waals surface area contributed by atoms with Gasteiger partial charge < -0.3 is 9.72 Å². The van der Waals surface area contributed by atoms with Gasteiger partial charge in [-0.05, 0) is 12.1 Å². The van der Waals surface area contributed by atoms with E-state index in [1.165, 1.54) is 18.2 Å². The molecule has 0 amide bonds. The van der Waals surface area contributed by atoms with Gasteiger partial charge in [0.25, 0.3) is 0 Å². The second-order valence-corrected chi connectivity index (χ2v) is 6.81. The van der Waals surface area contributed by atoms with Crippen LogP contribution in [0.3, 0.4) is 0 Å². The number of aromatic nitrogens is 2. The highest BCUT2D eigenvalue weighted by Gasteiger charge is 2.36. The maximum atomic E-state index is 12.9. The van der Waals surface area contributed by atoms with E-state index in [0.717, 1.165) is 0 Å². The fourth-order valence-corrected chi connectivity index (χ4v) is 3.19. The summed E-state index contributed by atoms with van der Waals surface area (Å²) in [7, 11) is 0. The van der Waals surface area contributed by atoms with Crippen molar-refractivity contribution in [2.24, 2.45) is 0 Å². The van der Waals surface area contributed by atoms with Crippen LogP contribution in [-0.2, 0) is 6.18 Å². The zero-order valence-electron chi connectivity index (χ0n) is 11.6. The van der Waals surface area contributed by atoms with E-state index in [9.17, 15) is 13.2 Å². The molecule has 0 aliphatic heterocycles. The summed E-state index contributed by atoms with van der Waals surface area (Å²) in [6, 6.07) is 3.94. The summed E-state index contributed by atoms with van der Waals surface area (Å²) >= 11 is 29.8. The second kappa shape index (κ2) is 6.59. The number of ether oxygens (including phenoxy) is 1. The van der Waals surface area contributed by atoms with Crippen molar-refractivity contribution in [3.05, 3.63) is 49.1 Å². The highest BCUT2D eigenvalue weighted by atomic mass is 35.5. The quantitative estimate of drug-likeness (QED) is 0.408. The molecule has 1 heterocycles. The lowest BCUT2D eigenvalue weighted by atomic mass is 10.3. The monoisotopic (exact) mass is 448 g/mol. The molecule has 3 aromatic rings. The highest BCUT2D eigenvalue weighted by Crippen LogP contribution is 2.44. The first-order valence-electron chi connectivity index (χ1n) is 6.35. The van der Waals surface area contributed by atoms with E-state index in [-0.39, 0.29) is 47.6 Å². The number of alkyl halides is 3. The molecule has 0 unspecified atom stereocenters. The Morgan fingerprint density at radius 2 is 1.60 bits per heavy atom. The Kier molecular flexibility index (Phi) is 4.94. The first-order chi connectivity index (χ1) is 11.6. The van der Waals surface area contributed by atoms with Crippen molar-refractivity contribution in [2.45, 2.75) is 6.18 Å². The van der Waals surface area contributed by atoms with E-state index in [4.69, 9.17) is 62.7 Å². The fraction of sp³-hybridized carbons (Fsp3) is 0.0714. The fourth-order valence-electron chi connectivity index (χ4n) is 2.03. The lowest BCUT2D eigenvalue weighted by Gasteiger charge is -2.12. The van der Waals surface area contributed by atoms with E-state index >= 15 is 0 Å². The van der Waals surface area contributed by atoms with Crippen molar-refractivity contribution in [2.75, 3.05) is 0 Å². The number of rotatable bonds is 2. The molecule has 0 radical (unpaired) electrons. The van der Waals surface area contributed by atoms with Crippen LogP contribution in [0.25, 0.3) is 11.0 Å². The summed E-state index contributed by atoms with van der Waals surface area (Å²) in [4.78, 5) is 5.56. The number of H-pyrrole nitrogens is 1. The summed E-state index contributed by atoms with van der Waals surface area (Å²) in [6.45, 7) is 0. The molecular weight excluding hydrogens is 446 g/mol. The largest absolute Gasteiger partial charge is 0.452 e. The first kappa shape index (κ1) is 18.7. The lowest BCUT2D eigenvalue weighted by molar-refractivity contribution is -0.144. The smallest absolute Gasteiger partial charge is 0.449 e. The third-order valence-corrected chi connectivity index (χ3v) is 4.64. The summed E-state index contributed by atoms with van der Waals surface area (Å²) in [5.74, 6) is -1.39. The van der Waals surface area contributed by atoms with Crippen LogP contribution in [0, 0.1) is 0 Å². The third-order valence-electron chi connectivity index (χ3n) is 3.07. The Hall–Kier alpha value is -1.05. The molecule has 11 heteroatoms. The lowest BCUT2D eigenvalue weighted by Crippen LogP contribution is -2.06. The molecule has 3 nitrogen and oxygen atoms in total. The van der Waals surface area contributed by atoms with Crippen LogP contribution in [0.1, 0.15) is 5.82 Å². The van der Waals surface area contributed by atoms with E-state index in [0.29, 0.717) is 0 Å². The maximum Gasteiger partial charge on any atom is 0.449 e. The number of nitrogens with one attached hydrogen (secondary N) is 1. The molecule has 0 bridgehead atoms. The Bertz CT molecular complexity index is 987.